The first kappa shape index (κ1) is 14.9. The molecule has 0 aliphatic carbocycles. The van der Waals surface area contributed by atoms with Crippen LogP contribution in [0.25, 0.3) is 32.8 Å². The summed E-state index contributed by atoms with van der Waals surface area (Å²) in [6.45, 7) is 6.82. The zero-order valence-electron chi connectivity index (χ0n) is 14.4. The third-order valence-electron chi connectivity index (χ3n) is 4.65. The van der Waals surface area contributed by atoms with Crippen LogP contribution in [-0.2, 0) is 5.41 Å². The summed E-state index contributed by atoms with van der Waals surface area (Å²) >= 11 is 0. The van der Waals surface area contributed by atoms with Crippen molar-refractivity contribution >= 4 is 21.7 Å². The average molecular weight is 311 g/mol. The van der Waals surface area contributed by atoms with Gasteiger partial charge in [-0.25, -0.2) is 0 Å². The summed E-state index contributed by atoms with van der Waals surface area (Å²) in [5.74, 6) is 0. The van der Waals surface area contributed by atoms with Gasteiger partial charge >= 0.3 is 0 Å². The first-order valence-corrected chi connectivity index (χ1v) is 8.42. The monoisotopic (exact) mass is 311 g/mol. The van der Waals surface area contributed by atoms with E-state index in [-0.39, 0.29) is 5.41 Å². The number of aromatic nitrogens is 1. The van der Waals surface area contributed by atoms with E-state index < -0.39 is 0 Å². The highest BCUT2D eigenvalue weighted by Gasteiger charge is 2.19. The summed E-state index contributed by atoms with van der Waals surface area (Å²) in [7, 11) is 0. The first-order chi connectivity index (χ1) is 11.6. The maximum absolute atomic E-state index is 4.62. The Labute approximate surface area is 143 Å². The van der Waals surface area contributed by atoms with Gasteiger partial charge in [0.2, 0.25) is 0 Å². The predicted octanol–water partition coefficient (Wildman–Crippen LogP) is 6.35. The Balaban J connectivity index is 2.08. The van der Waals surface area contributed by atoms with Crippen molar-refractivity contribution in [3.05, 3.63) is 78.5 Å². The smallest absolute Gasteiger partial charge is 0.0780 e. The van der Waals surface area contributed by atoms with Crippen LogP contribution in [-0.4, -0.2) is 4.98 Å². The summed E-state index contributed by atoms with van der Waals surface area (Å²) in [6.07, 6.45) is 1.87. The lowest BCUT2D eigenvalue weighted by molar-refractivity contribution is 0.592. The molecule has 4 rings (SSSR count). The molecule has 1 heterocycles. The van der Waals surface area contributed by atoms with Gasteiger partial charge in [0.05, 0.1) is 5.52 Å². The van der Waals surface area contributed by atoms with Gasteiger partial charge in [0.1, 0.15) is 0 Å². The molecule has 0 atom stereocenters. The van der Waals surface area contributed by atoms with Crippen molar-refractivity contribution in [2.24, 2.45) is 0 Å². The summed E-state index contributed by atoms with van der Waals surface area (Å²) in [6, 6.07) is 23.8. The highest BCUT2D eigenvalue weighted by Crippen LogP contribution is 2.37. The molecule has 4 aromatic rings. The molecule has 1 aromatic heterocycles. The van der Waals surface area contributed by atoms with Crippen molar-refractivity contribution in [3.63, 3.8) is 0 Å². The molecule has 0 saturated heterocycles. The summed E-state index contributed by atoms with van der Waals surface area (Å²) in [5, 5.41) is 3.67. The normalized spacial score (nSPS) is 12.0. The molecular weight excluding hydrogens is 290 g/mol. The number of pyridine rings is 1. The van der Waals surface area contributed by atoms with Crippen LogP contribution in [0, 0.1) is 0 Å². The van der Waals surface area contributed by atoms with E-state index in [0.717, 1.165) is 5.52 Å². The van der Waals surface area contributed by atoms with Gasteiger partial charge in [-0.05, 0) is 33.6 Å². The molecule has 3 aromatic carbocycles. The standard InChI is InChI=1S/C23H21N/c1-23(2,3)21-12-5-4-9-19(21)17-10-6-11-20-18(17)14-13-16-8-7-15-24-22(16)20/h4-15H,1-3H3. The second-order valence-electron chi connectivity index (χ2n) is 7.34. The Hall–Kier alpha value is -2.67. The number of rotatable bonds is 1. The van der Waals surface area contributed by atoms with Crippen LogP contribution in [0.5, 0.6) is 0 Å². The Kier molecular flexibility index (Phi) is 3.38. The molecule has 0 bridgehead atoms. The lowest BCUT2D eigenvalue weighted by Gasteiger charge is -2.23. The summed E-state index contributed by atoms with van der Waals surface area (Å²) in [4.78, 5) is 4.62. The average Bonchev–Trinajstić information content (AvgIpc) is 2.60. The van der Waals surface area contributed by atoms with Gasteiger partial charge in [0.15, 0.2) is 0 Å². The molecule has 24 heavy (non-hydrogen) atoms. The number of hydrogen-bond donors (Lipinski definition) is 0. The lowest BCUT2D eigenvalue weighted by Crippen LogP contribution is -2.12. The van der Waals surface area contributed by atoms with E-state index in [1.165, 1.54) is 32.8 Å². The summed E-state index contributed by atoms with van der Waals surface area (Å²) < 4.78 is 0. The van der Waals surface area contributed by atoms with Crippen LogP contribution in [0.3, 0.4) is 0 Å². The van der Waals surface area contributed by atoms with Gasteiger partial charge in [-0.15, -0.1) is 0 Å². The van der Waals surface area contributed by atoms with Crippen LogP contribution in [0.4, 0.5) is 0 Å². The van der Waals surface area contributed by atoms with Crippen LogP contribution < -0.4 is 0 Å². The molecule has 0 saturated carbocycles. The topological polar surface area (TPSA) is 12.9 Å². The molecular formula is C23H21N. The van der Waals surface area contributed by atoms with Gasteiger partial charge in [-0.1, -0.05) is 81.4 Å². The van der Waals surface area contributed by atoms with Crippen molar-refractivity contribution in [1.82, 2.24) is 4.98 Å². The van der Waals surface area contributed by atoms with Crippen molar-refractivity contribution < 1.29 is 0 Å². The Morgan fingerprint density at radius 1 is 0.667 bits per heavy atom. The number of hydrogen-bond acceptors (Lipinski definition) is 1. The van der Waals surface area contributed by atoms with Crippen molar-refractivity contribution in [1.29, 1.82) is 0 Å². The minimum atomic E-state index is 0.105. The highest BCUT2D eigenvalue weighted by molar-refractivity contribution is 6.10. The Morgan fingerprint density at radius 2 is 1.46 bits per heavy atom. The lowest BCUT2D eigenvalue weighted by atomic mass is 9.81. The minimum Gasteiger partial charge on any atom is -0.256 e. The fraction of sp³-hybridized carbons (Fsp3) is 0.174. The third kappa shape index (κ3) is 2.37. The van der Waals surface area contributed by atoms with E-state index in [0.29, 0.717) is 0 Å². The molecule has 0 aliphatic rings. The van der Waals surface area contributed by atoms with Gasteiger partial charge in [-0.3, -0.25) is 4.98 Å². The Bertz CT molecular complexity index is 1040. The second-order valence-corrected chi connectivity index (χ2v) is 7.34. The SMILES string of the molecule is CC(C)(C)c1ccccc1-c1cccc2c1ccc1cccnc12. The molecule has 0 aliphatic heterocycles. The minimum absolute atomic E-state index is 0.105. The number of benzene rings is 3. The van der Waals surface area contributed by atoms with Crippen molar-refractivity contribution in [3.8, 4) is 11.1 Å². The van der Waals surface area contributed by atoms with Crippen molar-refractivity contribution in [2.75, 3.05) is 0 Å². The molecule has 0 spiro atoms. The van der Waals surface area contributed by atoms with E-state index in [1.807, 2.05) is 12.3 Å². The quantitative estimate of drug-likeness (QED) is 0.373. The fourth-order valence-corrected chi connectivity index (χ4v) is 3.51. The Morgan fingerprint density at radius 3 is 2.29 bits per heavy atom. The first-order valence-electron chi connectivity index (χ1n) is 8.42. The van der Waals surface area contributed by atoms with Crippen LogP contribution in [0.2, 0.25) is 0 Å². The molecule has 0 N–H and O–H groups in total. The van der Waals surface area contributed by atoms with Crippen LogP contribution in [0.15, 0.2) is 72.9 Å². The van der Waals surface area contributed by atoms with E-state index >= 15 is 0 Å². The third-order valence-corrected chi connectivity index (χ3v) is 4.65. The molecule has 0 unspecified atom stereocenters. The molecule has 1 nitrogen and oxygen atoms in total. The van der Waals surface area contributed by atoms with Gasteiger partial charge in [0, 0.05) is 17.0 Å². The highest BCUT2D eigenvalue weighted by atomic mass is 14.6. The van der Waals surface area contributed by atoms with Crippen LogP contribution >= 0.6 is 0 Å². The zero-order chi connectivity index (χ0) is 16.7. The molecule has 118 valence electrons. The van der Waals surface area contributed by atoms with E-state index in [4.69, 9.17) is 0 Å². The maximum Gasteiger partial charge on any atom is 0.0780 e. The van der Waals surface area contributed by atoms with E-state index in [1.54, 1.807) is 0 Å². The van der Waals surface area contributed by atoms with Crippen LogP contribution in [0.1, 0.15) is 26.3 Å². The van der Waals surface area contributed by atoms with Crippen molar-refractivity contribution in [2.45, 2.75) is 26.2 Å². The predicted molar refractivity (Wildman–Crippen MR) is 103 cm³/mol. The maximum atomic E-state index is 4.62. The van der Waals surface area contributed by atoms with Gasteiger partial charge in [-0.2, -0.15) is 0 Å². The van der Waals surface area contributed by atoms with Gasteiger partial charge < -0.3 is 0 Å². The fourth-order valence-electron chi connectivity index (χ4n) is 3.51. The molecule has 0 amide bonds. The second kappa shape index (κ2) is 5.45. The molecule has 0 radical (unpaired) electrons. The number of nitrogens with zero attached hydrogens (tertiary/aromatic N) is 1. The van der Waals surface area contributed by atoms with E-state index in [9.17, 15) is 0 Å². The van der Waals surface area contributed by atoms with Gasteiger partial charge in [0.25, 0.3) is 0 Å². The zero-order valence-corrected chi connectivity index (χ0v) is 14.4. The van der Waals surface area contributed by atoms with E-state index in [2.05, 4.69) is 86.4 Å². The summed E-state index contributed by atoms with van der Waals surface area (Å²) in [5.41, 5.74) is 5.15. The number of fused-ring (bicyclic) bond motifs is 3. The molecule has 0 fully saturated rings. The largest absolute Gasteiger partial charge is 0.256 e. The molecule has 1 heteroatoms.